The van der Waals surface area contributed by atoms with E-state index in [0.717, 1.165) is 10.2 Å². The van der Waals surface area contributed by atoms with Gasteiger partial charge in [-0.1, -0.05) is 11.8 Å². The fourth-order valence-electron chi connectivity index (χ4n) is 2.52. The molecule has 0 saturated carbocycles. The third-order valence-corrected chi connectivity index (χ3v) is 5.07. The maximum atomic E-state index is 12.3. The predicted octanol–water partition coefficient (Wildman–Crippen LogP) is 2.00. The largest absolute Gasteiger partial charge is 0.383 e. The third-order valence-electron chi connectivity index (χ3n) is 3.43. The summed E-state index contributed by atoms with van der Waals surface area (Å²) in [5.74, 6) is 0.866. The van der Waals surface area contributed by atoms with E-state index in [0.29, 0.717) is 29.8 Å². The van der Waals surface area contributed by atoms with Gasteiger partial charge in [-0.2, -0.15) is 0 Å². The zero-order valence-corrected chi connectivity index (χ0v) is 14.1. The highest BCUT2D eigenvalue weighted by atomic mass is 32.2. The summed E-state index contributed by atoms with van der Waals surface area (Å²) in [4.78, 5) is 23.7. The zero-order chi connectivity index (χ0) is 15.7. The van der Waals surface area contributed by atoms with Crippen molar-refractivity contribution in [1.82, 2.24) is 14.9 Å². The molecule has 0 aliphatic carbocycles. The Hall–Kier alpha value is -1.38. The van der Waals surface area contributed by atoms with E-state index in [1.807, 2.05) is 30.2 Å². The van der Waals surface area contributed by atoms with Crippen molar-refractivity contribution in [1.29, 1.82) is 0 Å². The predicted molar refractivity (Wildman–Crippen MR) is 89.1 cm³/mol. The lowest BCUT2D eigenvalue weighted by Gasteiger charge is -2.35. The molecule has 2 aromatic heterocycles. The van der Waals surface area contributed by atoms with Crippen molar-refractivity contribution >= 4 is 45.0 Å². The van der Waals surface area contributed by atoms with Crippen LogP contribution in [0.1, 0.15) is 13.8 Å². The molecule has 1 aliphatic rings. The number of carbonyl (C=O) groups excluding carboxylic acids is 1. The molecule has 2 N–H and O–H groups in total. The lowest BCUT2D eigenvalue weighted by Crippen LogP contribution is -2.48. The average Bonchev–Trinajstić information content (AvgIpc) is 2.92. The van der Waals surface area contributed by atoms with Crippen molar-refractivity contribution in [2.75, 3.05) is 24.6 Å². The summed E-state index contributed by atoms with van der Waals surface area (Å²) < 4.78 is 5.64. The van der Waals surface area contributed by atoms with Gasteiger partial charge in [0.2, 0.25) is 5.91 Å². The monoisotopic (exact) mass is 338 g/mol. The van der Waals surface area contributed by atoms with Gasteiger partial charge in [0.05, 0.1) is 23.3 Å². The second-order valence-corrected chi connectivity index (χ2v) is 7.21. The molecule has 22 heavy (non-hydrogen) atoms. The number of carbonyl (C=O) groups is 1. The molecule has 1 amide bonds. The van der Waals surface area contributed by atoms with Crippen molar-refractivity contribution in [3.8, 4) is 0 Å². The minimum Gasteiger partial charge on any atom is -0.383 e. The number of hydrogen-bond acceptors (Lipinski definition) is 7. The Balaban J connectivity index is 1.64. The number of thioether (sulfide) groups is 1. The molecule has 2 aromatic rings. The molecule has 6 nitrogen and oxygen atoms in total. The molecule has 0 unspecified atom stereocenters. The van der Waals surface area contributed by atoms with Crippen LogP contribution < -0.4 is 5.73 Å². The van der Waals surface area contributed by atoms with E-state index in [1.54, 1.807) is 0 Å². The Morgan fingerprint density at radius 2 is 2.18 bits per heavy atom. The maximum Gasteiger partial charge on any atom is 0.233 e. The molecule has 3 heterocycles. The Kier molecular flexibility index (Phi) is 4.51. The lowest BCUT2D eigenvalue weighted by atomic mass is 10.2. The highest BCUT2D eigenvalue weighted by molar-refractivity contribution is 7.99. The Bertz CT molecular complexity index is 681. The Morgan fingerprint density at radius 1 is 1.45 bits per heavy atom. The number of aromatic nitrogens is 2. The quantitative estimate of drug-likeness (QED) is 0.681. The van der Waals surface area contributed by atoms with E-state index in [9.17, 15) is 4.79 Å². The van der Waals surface area contributed by atoms with E-state index in [2.05, 4.69) is 9.97 Å². The van der Waals surface area contributed by atoms with Gasteiger partial charge in [0, 0.05) is 13.1 Å². The highest BCUT2D eigenvalue weighted by Crippen LogP contribution is 2.26. The summed E-state index contributed by atoms with van der Waals surface area (Å²) in [7, 11) is 0. The summed E-state index contributed by atoms with van der Waals surface area (Å²) in [5.41, 5.74) is 5.92. The number of rotatable bonds is 3. The van der Waals surface area contributed by atoms with Crippen LogP contribution in [-0.4, -0.2) is 51.8 Å². The minimum absolute atomic E-state index is 0.0760. The summed E-state index contributed by atoms with van der Waals surface area (Å²) in [6.45, 7) is 5.24. The van der Waals surface area contributed by atoms with Crippen LogP contribution in [0.2, 0.25) is 0 Å². The molecule has 0 aromatic carbocycles. The van der Waals surface area contributed by atoms with E-state index >= 15 is 0 Å². The third kappa shape index (κ3) is 3.34. The second kappa shape index (κ2) is 6.39. The first kappa shape index (κ1) is 15.5. The van der Waals surface area contributed by atoms with Gasteiger partial charge in [-0.05, 0) is 25.3 Å². The van der Waals surface area contributed by atoms with Crippen LogP contribution in [0.4, 0.5) is 5.82 Å². The van der Waals surface area contributed by atoms with Crippen molar-refractivity contribution in [2.45, 2.75) is 31.2 Å². The molecule has 0 bridgehead atoms. The number of ether oxygens (including phenoxy) is 1. The van der Waals surface area contributed by atoms with Gasteiger partial charge in [-0.15, -0.1) is 11.3 Å². The molecule has 1 fully saturated rings. The van der Waals surface area contributed by atoms with Crippen LogP contribution in [0.15, 0.2) is 16.6 Å². The molecule has 0 radical (unpaired) electrons. The van der Waals surface area contributed by atoms with E-state index in [4.69, 9.17) is 10.5 Å². The summed E-state index contributed by atoms with van der Waals surface area (Å²) in [6.07, 6.45) is 0.152. The summed E-state index contributed by atoms with van der Waals surface area (Å²) in [6, 6.07) is 1.91. The van der Waals surface area contributed by atoms with Gasteiger partial charge >= 0.3 is 0 Å². The molecule has 118 valence electrons. The number of anilines is 1. The number of nitrogens with zero attached hydrogens (tertiary/aromatic N) is 3. The first-order chi connectivity index (χ1) is 10.5. The fraction of sp³-hybridized carbons (Fsp3) is 0.500. The van der Waals surface area contributed by atoms with E-state index in [1.165, 1.54) is 23.1 Å². The van der Waals surface area contributed by atoms with Crippen LogP contribution in [-0.2, 0) is 9.53 Å². The topological polar surface area (TPSA) is 81.3 Å². The van der Waals surface area contributed by atoms with Crippen LogP contribution >= 0.6 is 23.1 Å². The molecule has 8 heteroatoms. The SMILES string of the molecule is C[C@@H]1CN(C(=O)CSc2nc(N)c3ccsc3n2)C[C@H](C)O1. The molecule has 0 spiro atoms. The number of hydrogen-bond donors (Lipinski definition) is 1. The number of thiophene rings is 1. The normalized spacial score (nSPS) is 22.2. The first-order valence-corrected chi connectivity index (χ1v) is 8.96. The van der Waals surface area contributed by atoms with Gasteiger partial charge in [-0.25, -0.2) is 9.97 Å². The van der Waals surface area contributed by atoms with Gasteiger partial charge in [-0.3, -0.25) is 4.79 Å². The van der Waals surface area contributed by atoms with Gasteiger partial charge in [0.15, 0.2) is 5.16 Å². The number of amides is 1. The zero-order valence-electron chi connectivity index (χ0n) is 12.5. The molecule has 1 aliphatic heterocycles. The Morgan fingerprint density at radius 3 is 2.91 bits per heavy atom. The van der Waals surface area contributed by atoms with Crippen LogP contribution in [0.25, 0.3) is 10.2 Å². The fourth-order valence-corrected chi connectivity index (χ4v) is 4.11. The number of nitrogen functional groups attached to an aromatic ring is 1. The maximum absolute atomic E-state index is 12.3. The summed E-state index contributed by atoms with van der Waals surface area (Å²) in [5, 5.41) is 3.36. The van der Waals surface area contributed by atoms with Gasteiger partial charge < -0.3 is 15.4 Å². The molecular formula is C14H18N4O2S2. The number of fused-ring (bicyclic) bond motifs is 1. The minimum atomic E-state index is 0.0760. The highest BCUT2D eigenvalue weighted by Gasteiger charge is 2.25. The van der Waals surface area contributed by atoms with E-state index in [-0.39, 0.29) is 18.1 Å². The average molecular weight is 338 g/mol. The first-order valence-electron chi connectivity index (χ1n) is 7.09. The molecule has 1 saturated heterocycles. The van der Waals surface area contributed by atoms with Crippen LogP contribution in [0.5, 0.6) is 0 Å². The van der Waals surface area contributed by atoms with Crippen molar-refractivity contribution in [2.24, 2.45) is 0 Å². The standard InChI is InChI=1S/C14H18N4O2S2/c1-8-5-18(6-9(2)20-8)11(19)7-22-14-16-12(15)10-3-4-21-13(10)17-14/h3-4,8-9H,5-7H2,1-2H3,(H2,15,16,17)/t8-,9+. The number of morpholine rings is 1. The second-order valence-electron chi connectivity index (χ2n) is 5.38. The lowest BCUT2D eigenvalue weighted by molar-refractivity contribution is -0.140. The van der Waals surface area contributed by atoms with Crippen LogP contribution in [0, 0.1) is 0 Å². The molecule has 2 atom stereocenters. The summed E-state index contributed by atoms with van der Waals surface area (Å²) >= 11 is 2.85. The number of nitrogens with two attached hydrogens (primary N) is 1. The van der Waals surface area contributed by atoms with Crippen LogP contribution in [0.3, 0.4) is 0 Å². The van der Waals surface area contributed by atoms with Crippen molar-refractivity contribution in [3.63, 3.8) is 0 Å². The van der Waals surface area contributed by atoms with Crippen molar-refractivity contribution < 1.29 is 9.53 Å². The van der Waals surface area contributed by atoms with Gasteiger partial charge in [0.1, 0.15) is 10.6 Å². The van der Waals surface area contributed by atoms with Crippen molar-refractivity contribution in [3.05, 3.63) is 11.4 Å². The Labute approximate surface area is 137 Å². The van der Waals surface area contributed by atoms with Gasteiger partial charge in [0.25, 0.3) is 0 Å². The van der Waals surface area contributed by atoms with E-state index < -0.39 is 0 Å². The smallest absolute Gasteiger partial charge is 0.233 e. The molecular weight excluding hydrogens is 320 g/mol. The molecule has 3 rings (SSSR count).